The Hall–Kier alpha value is -1.49. The summed E-state index contributed by atoms with van der Waals surface area (Å²) in [7, 11) is 1.33. The quantitative estimate of drug-likeness (QED) is 0.784. The van der Waals surface area contributed by atoms with Crippen LogP contribution in [0.1, 0.15) is 19.4 Å². The Labute approximate surface area is 124 Å². The van der Waals surface area contributed by atoms with Gasteiger partial charge in [0.1, 0.15) is 6.04 Å². The highest BCUT2D eigenvalue weighted by atomic mass is 32.2. The lowest BCUT2D eigenvalue weighted by atomic mass is 10.2. The van der Waals surface area contributed by atoms with Gasteiger partial charge in [-0.25, -0.2) is 4.79 Å². The van der Waals surface area contributed by atoms with E-state index in [0.717, 1.165) is 5.75 Å². The Bertz CT molecular complexity index is 434. The lowest BCUT2D eigenvalue weighted by Gasteiger charge is -2.17. The van der Waals surface area contributed by atoms with E-state index in [0.29, 0.717) is 5.75 Å². The van der Waals surface area contributed by atoms with Crippen LogP contribution in [0, 0.1) is 5.92 Å². The van der Waals surface area contributed by atoms with Crippen LogP contribution in [0.4, 0.5) is 0 Å². The fraction of sp³-hybridized carbons (Fsp3) is 0.467. The van der Waals surface area contributed by atoms with Crippen LogP contribution in [-0.4, -0.2) is 30.8 Å². The van der Waals surface area contributed by atoms with Crippen LogP contribution in [-0.2, 0) is 20.1 Å². The predicted molar refractivity (Wildman–Crippen MR) is 81.4 cm³/mol. The van der Waals surface area contributed by atoms with Gasteiger partial charge in [-0.2, -0.15) is 11.8 Å². The standard InChI is InChI=1S/C15H21NO3S/c1-11(2)14(17)16-13(15(18)19-3)10-20-9-12-7-5-4-6-8-12/h4-8,11,13H,9-10H2,1-3H3,(H,16,17). The van der Waals surface area contributed by atoms with Crippen LogP contribution in [0.15, 0.2) is 30.3 Å². The Morgan fingerprint density at radius 3 is 2.45 bits per heavy atom. The number of carbonyl (C=O) groups excluding carboxylic acids is 2. The number of carbonyl (C=O) groups is 2. The molecule has 0 radical (unpaired) electrons. The molecule has 0 spiro atoms. The molecule has 1 aromatic rings. The summed E-state index contributed by atoms with van der Waals surface area (Å²) in [6.07, 6.45) is 0. The Kier molecular flexibility index (Phi) is 7.15. The van der Waals surface area contributed by atoms with Crippen molar-refractivity contribution in [2.75, 3.05) is 12.9 Å². The van der Waals surface area contributed by atoms with E-state index in [4.69, 9.17) is 4.74 Å². The van der Waals surface area contributed by atoms with Gasteiger partial charge in [-0.1, -0.05) is 44.2 Å². The van der Waals surface area contributed by atoms with Gasteiger partial charge in [-0.05, 0) is 5.56 Å². The summed E-state index contributed by atoms with van der Waals surface area (Å²) in [6, 6.07) is 9.40. The van der Waals surface area contributed by atoms with Crippen molar-refractivity contribution in [3.8, 4) is 0 Å². The molecule has 0 saturated carbocycles. The Morgan fingerprint density at radius 2 is 1.90 bits per heavy atom. The number of methoxy groups -OCH3 is 1. The number of amides is 1. The summed E-state index contributed by atoms with van der Waals surface area (Å²) >= 11 is 1.60. The van der Waals surface area contributed by atoms with Gasteiger partial charge >= 0.3 is 5.97 Å². The molecule has 1 aromatic carbocycles. The highest BCUT2D eigenvalue weighted by Gasteiger charge is 2.22. The first-order chi connectivity index (χ1) is 9.54. The van der Waals surface area contributed by atoms with Gasteiger partial charge < -0.3 is 10.1 Å². The summed E-state index contributed by atoms with van der Waals surface area (Å²) in [5.41, 5.74) is 1.19. The molecule has 0 saturated heterocycles. The van der Waals surface area contributed by atoms with Gasteiger partial charge in [0.25, 0.3) is 0 Å². The van der Waals surface area contributed by atoms with Crippen LogP contribution in [0.5, 0.6) is 0 Å². The monoisotopic (exact) mass is 295 g/mol. The lowest BCUT2D eigenvalue weighted by molar-refractivity contribution is -0.144. The van der Waals surface area contributed by atoms with Gasteiger partial charge in [0.2, 0.25) is 5.91 Å². The first kappa shape index (κ1) is 16.6. The average Bonchev–Trinajstić information content (AvgIpc) is 2.46. The summed E-state index contributed by atoms with van der Waals surface area (Å²) in [4.78, 5) is 23.3. The highest BCUT2D eigenvalue weighted by Crippen LogP contribution is 2.13. The molecule has 0 aromatic heterocycles. The molecule has 20 heavy (non-hydrogen) atoms. The van der Waals surface area contributed by atoms with Gasteiger partial charge in [-0.15, -0.1) is 0 Å². The molecule has 0 bridgehead atoms. The molecule has 1 unspecified atom stereocenters. The third-order valence-electron chi connectivity index (χ3n) is 2.72. The van der Waals surface area contributed by atoms with Crippen LogP contribution >= 0.6 is 11.8 Å². The predicted octanol–water partition coefficient (Wildman–Crippen LogP) is 2.23. The molecule has 0 aliphatic carbocycles. The van der Waals surface area contributed by atoms with Gasteiger partial charge in [-0.3, -0.25) is 4.79 Å². The van der Waals surface area contributed by atoms with Gasteiger partial charge in [0.15, 0.2) is 0 Å². The first-order valence-corrected chi connectivity index (χ1v) is 7.70. The molecule has 1 atom stereocenters. The molecular weight excluding hydrogens is 274 g/mol. The van der Waals surface area contributed by atoms with Gasteiger partial charge in [0, 0.05) is 17.4 Å². The maximum Gasteiger partial charge on any atom is 0.329 e. The van der Waals surface area contributed by atoms with E-state index in [1.807, 2.05) is 30.3 Å². The first-order valence-electron chi connectivity index (χ1n) is 6.54. The zero-order valence-electron chi connectivity index (χ0n) is 12.1. The van der Waals surface area contributed by atoms with Gasteiger partial charge in [0.05, 0.1) is 7.11 Å². The molecule has 0 fully saturated rings. The SMILES string of the molecule is COC(=O)C(CSCc1ccccc1)NC(=O)C(C)C. The summed E-state index contributed by atoms with van der Waals surface area (Å²) < 4.78 is 4.73. The molecule has 1 rings (SSSR count). The van der Waals surface area contributed by atoms with E-state index < -0.39 is 12.0 Å². The minimum Gasteiger partial charge on any atom is -0.467 e. The number of hydrogen-bond donors (Lipinski definition) is 1. The second kappa shape index (κ2) is 8.64. The number of esters is 1. The topological polar surface area (TPSA) is 55.4 Å². The zero-order valence-corrected chi connectivity index (χ0v) is 12.9. The highest BCUT2D eigenvalue weighted by molar-refractivity contribution is 7.98. The number of ether oxygens (including phenoxy) is 1. The molecule has 5 heteroatoms. The Morgan fingerprint density at radius 1 is 1.25 bits per heavy atom. The maximum absolute atomic E-state index is 11.7. The molecule has 1 N–H and O–H groups in total. The van der Waals surface area contributed by atoms with E-state index in [-0.39, 0.29) is 11.8 Å². The second-order valence-electron chi connectivity index (χ2n) is 4.74. The number of hydrogen-bond acceptors (Lipinski definition) is 4. The number of thioether (sulfide) groups is 1. The number of benzene rings is 1. The van der Waals surface area contributed by atoms with Crippen molar-refractivity contribution in [2.45, 2.75) is 25.6 Å². The molecule has 4 nitrogen and oxygen atoms in total. The normalized spacial score (nSPS) is 12.0. The van der Waals surface area contributed by atoms with Crippen molar-refractivity contribution in [3.05, 3.63) is 35.9 Å². The third kappa shape index (κ3) is 5.65. The largest absolute Gasteiger partial charge is 0.467 e. The van der Waals surface area contributed by atoms with Crippen molar-refractivity contribution < 1.29 is 14.3 Å². The second-order valence-corrected chi connectivity index (χ2v) is 5.77. The summed E-state index contributed by atoms with van der Waals surface area (Å²) in [5.74, 6) is 0.605. The zero-order chi connectivity index (χ0) is 15.0. The van der Waals surface area contributed by atoms with Crippen LogP contribution in [0.2, 0.25) is 0 Å². The lowest BCUT2D eigenvalue weighted by Crippen LogP contribution is -2.44. The summed E-state index contributed by atoms with van der Waals surface area (Å²) in [6.45, 7) is 3.58. The number of nitrogens with one attached hydrogen (secondary N) is 1. The number of rotatable bonds is 7. The Balaban J connectivity index is 2.48. The molecular formula is C15H21NO3S. The minimum absolute atomic E-state index is 0.138. The molecule has 0 aliphatic rings. The molecule has 110 valence electrons. The molecule has 0 aliphatic heterocycles. The van der Waals surface area contributed by atoms with Crippen LogP contribution in [0.25, 0.3) is 0 Å². The van der Waals surface area contributed by atoms with Crippen molar-refractivity contribution in [2.24, 2.45) is 5.92 Å². The average molecular weight is 295 g/mol. The van der Waals surface area contributed by atoms with Crippen LogP contribution in [0.3, 0.4) is 0 Å². The van der Waals surface area contributed by atoms with E-state index in [2.05, 4.69) is 5.32 Å². The summed E-state index contributed by atoms with van der Waals surface area (Å²) in [5, 5.41) is 2.72. The van der Waals surface area contributed by atoms with Crippen molar-refractivity contribution >= 4 is 23.6 Å². The van der Waals surface area contributed by atoms with E-state index in [1.54, 1.807) is 25.6 Å². The minimum atomic E-state index is -0.594. The van der Waals surface area contributed by atoms with Crippen molar-refractivity contribution in [1.29, 1.82) is 0 Å². The van der Waals surface area contributed by atoms with E-state index in [9.17, 15) is 9.59 Å². The smallest absolute Gasteiger partial charge is 0.329 e. The third-order valence-corrected chi connectivity index (χ3v) is 3.83. The van der Waals surface area contributed by atoms with Crippen LogP contribution < -0.4 is 5.32 Å². The van der Waals surface area contributed by atoms with Crippen molar-refractivity contribution in [3.63, 3.8) is 0 Å². The van der Waals surface area contributed by atoms with Crippen molar-refractivity contribution in [1.82, 2.24) is 5.32 Å². The fourth-order valence-corrected chi connectivity index (χ4v) is 2.52. The molecule has 1 amide bonds. The fourth-order valence-electron chi connectivity index (χ4n) is 1.52. The van der Waals surface area contributed by atoms with E-state index >= 15 is 0 Å². The van der Waals surface area contributed by atoms with E-state index in [1.165, 1.54) is 12.7 Å². The maximum atomic E-state index is 11.7. The molecule has 0 heterocycles.